The largest absolute Gasteiger partial charge is 0.354 e. The number of rotatable bonds is 9. The molecule has 1 aliphatic rings. The maximum atomic E-state index is 12.5. The topological polar surface area (TPSA) is 148 Å². The molecule has 0 heterocycles. The molecule has 0 saturated heterocycles. The molecule has 0 atom stereocenters. The van der Waals surface area contributed by atoms with E-state index in [0.717, 1.165) is 31.7 Å². The molecule has 0 aromatic heterocycles. The lowest BCUT2D eigenvalue weighted by atomic mass is 9.89. The molecule has 3 rings (SSSR count). The van der Waals surface area contributed by atoms with Crippen LogP contribution in [0.3, 0.4) is 0 Å². The Bertz CT molecular complexity index is 1110. The number of anilines is 1. The van der Waals surface area contributed by atoms with Crippen molar-refractivity contribution in [3.63, 3.8) is 0 Å². The number of amides is 2. The molecule has 1 aliphatic carbocycles. The minimum absolute atomic E-state index is 0.0318. The SMILES string of the molecule is O=C(NCCNC(=O)C1CCCCC1)c1ccc(NS(=O)(=O)c2cccc([N+](=O)[O-])c2)cc1. The highest BCUT2D eigenvalue weighted by molar-refractivity contribution is 7.92. The van der Waals surface area contributed by atoms with Crippen molar-refractivity contribution in [2.75, 3.05) is 17.8 Å². The molecule has 1 saturated carbocycles. The van der Waals surface area contributed by atoms with Crippen LogP contribution in [0.15, 0.2) is 53.4 Å². The first kappa shape index (κ1) is 24.2. The van der Waals surface area contributed by atoms with Crippen LogP contribution in [0.5, 0.6) is 0 Å². The first-order valence-electron chi connectivity index (χ1n) is 10.7. The van der Waals surface area contributed by atoms with Crippen LogP contribution in [0.4, 0.5) is 11.4 Å². The summed E-state index contributed by atoms with van der Waals surface area (Å²) in [6.45, 7) is 0.612. The quantitative estimate of drug-likeness (QED) is 0.289. The van der Waals surface area contributed by atoms with Gasteiger partial charge in [0.25, 0.3) is 21.6 Å². The molecule has 176 valence electrons. The number of nitrogens with one attached hydrogen (secondary N) is 3. The number of sulfonamides is 1. The van der Waals surface area contributed by atoms with Gasteiger partial charge in [0, 0.05) is 42.4 Å². The summed E-state index contributed by atoms with van der Waals surface area (Å²) in [5.74, 6) is -0.257. The van der Waals surface area contributed by atoms with Gasteiger partial charge in [0.15, 0.2) is 0 Å². The van der Waals surface area contributed by atoms with E-state index < -0.39 is 14.9 Å². The second-order valence-corrected chi connectivity index (χ2v) is 9.50. The van der Waals surface area contributed by atoms with Gasteiger partial charge in [0.2, 0.25) is 5.91 Å². The molecule has 1 fully saturated rings. The molecule has 0 aliphatic heterocycles. The van der Waals surface area contributed by atoms with Crippen LogP contribution in [0.25, 0.3) is 0 Å². The highest BCUT2D eigenvalue weighted by Gasteiger charge is 2.21. The Kier molecular flexibility index (Phi) is 7.99. The second kappa shape index (κ2) is 10.9. The molecule has 0 bridgehead atoms. The molecule has 3 N–H and O–H groups in total. The molecular formula is C22H26N4O6S. The van der Waals surface area contributed by atoms with Gasteiger partial charge in [0.1, 0.15) is 0 Å². The van der Waals surface area contributed by atoms with Crippen molar-refractivity contribution >= 4 is 33.2 Å². The Morgan fingerprint density at radius 1 is 0.970 bits per heavy atom. The fraction of sp³-hybridized carbons (Fsp3) is 0.364. The van der Waals surface area contributed by atoms with E-state index in [1.54, 1.807) is 0 Å². The summed E-state index contributed by atoms with van der Waals surface area (Å²) >= 11 is 0. The first-order valence-corrected chi connectivity index (χ1v) is 12.2. The number of benzene rings is 2. The highest BCUT2D eigenvalue weighted by atomic mass is 32.2. The number of nitrogens with zero attached hydrogens (tertiary/aromatic N) is 1. The lowest BCUT2D eigenvalue weighted by molar-refractivity contribution is -0.385. The summed E-state index contributed by atoms with van der Waals surface area (Å²) < 4.78 is 27.3. The van der Waals surface area contributed by atoms with Crippen LogP contribution in [0.2, 0.25) is 0 Å². The van der Waals surface area contributed by atoms with E-state index in [1.165, 1.54) is 48.9 Å². The molecule has 33 heavy (non-hydrogen) atoms. The minimum Gasteiger partial charge on any atom is -0.354 e. The van der Waals surface area contributed by atoms with Gasteiger partial charge in [-0.3, -0.25) is 24.4 Å². The standard InChI is InChI=1S/C22H26N4O6S/c27-21(16-5-2-1-3-6-16)23-13-14-24-22(28)17-9-11-18(12-10-17)25-33(31,32)20-8-4-7-19(15-20)26(29)30/h4,7-12,15-16,25H,1-3,5-6,13-14H2,(H,23,27)(H,24,28). The molecule has 2 aromatic rings. The lowest BCUT2D eigenvalue weighted by Gasteiger charge is -2.20. The van der Waals surface area contributed by atoms with E-state index in [0.29, 0.717) is 12.1 Å². The summed E-state index contributed by atoms with van der Waals surface area (Å²) in [6.07, 6.45) is 5.15. The van der Waals surface area contributed by atoms with Crippen molar-refractivity contribution in [3.8, 4) is 0 Å². The summed E-state index contributed by atoms with van der Waals surface area (Å²) in [7, 11) is -4.03. The third-order valence-electron chi connectivity index (χ3n) is 5.42. The predicted octanol–water partition coefficient (Wildman–Crippen LogP) is 2.82. The third-order valence-corrected chi connectivity index (χ3v) is 6.80. The Morgan fingerprint density at radius 2 is 1.64 bits per heavy atom. The van der Waals surface area contributed by atoms with Gasteiger partial charge >= 0.3 is 0 Å². The summed E-state index contributed by atoms with van der Waals surface area (Å²) in [6, 6.07) is 10.5. The number of hydrogen-bond acceptors (Lipinski definition) is 6. The van der Waals surface area contributed by atoms with Crippen LogP contribution in [0.1, 0.15) is 42.5 Å². The van der Waals surface area contributed by atoms with Gasteiger partial charge in [-0.05, 0) is 43.2 Å². The van der Waals surface area contributed by atoms with Crippen LogP contribution < -0.4 is 15.4 Å². The van der Waals surface area contributed by atoms with Crippen LogP contribution in [-0.2, 0) is 14.8 Å². The van der Waals surface area contributed by atoms with E-state index in [4.69, 9.17) is 0 Å². The van der Waals surface area contributed by atoms with Crippen LogP contribution in [0, 0.1) is 16.0 Å². The van der Waals surface area contributed by atoms with Gasteiger partial charge in [0.05, 0.1) is 9.82 Å². The van der Waals surface area contributed by atoms with E-state index >= 15 is 0 Å². The maximum Gasteiger partial charge on any atom is 0.270 e. The fourth-order valence-corrected chi connectivity index (χ4v) is 4.74. The van der Waals surface area contributed by atoms with Crippen molar-refractivity contribution in [3.05, 3.63) is 64.2 Å². The number of carbonyl (C=O) groups excluding carboxylic acids is 2. The number of carbonyl (C=O) groups is 2. The number of hydrogen-bond donors (Lipinski definition) is 3. The van der Waals surface area contributed by atoms with E-state index in [9.17, 15) is 28.1 Å². The predicted molar refractivity (Wildman–Crippen MR) is 122 cm³/mol. The monoisotopic (exact) mass is 474 g/mol. The van der Waals surface area contributed by atoms with Gasteiger partial charge < -0.3 is 10.6 Å². The second-order valence-electron chi connectivity index (χ2n) is 7.82. The Balaban J connectivity index is 1.50. The molecule has 0 radical (unpaired) electrons. The van der Waals surface area contributed by atoms with Gasteiger partial charge in [-0.25, -0.2) is 8.42 Å². The first-order chi connectivity index (χ1) is 15.8. The van der Waals surface area contributed by atoms with Crippen molar-refractivity contribution < 1.29 is 22.9 Å². The number of nitro benzene ring substituents is 1. The number of non-ortho nitro benzene ring substituents is 1. The molecular weight excluding hydrogens is 448 g/mol. The Morgan fingerprint density at radius 3 is 2.30 bits per heavy atom. The molecule has 0 unspecified atom stereocenters. The Labute approximate surface area is 192 Å². The van der Waals surface area contributed by atoms with Crippen LogP contribution in [-0.4, -0.2) is 38.2 Å². The highest BCUT2D eigenvalue weighted by Crippen LogP contribution is 2.23. The molecule has 11 heteroatoms. The molecule has 2 amide bonds. The summed E-state index contributed by atoms with van der Waals surface area (Å²) in [5.41, 5.74) is 0.199. The molecule has 0 spiro atoms. The average Bonchev–Trinajstić information content (AvgIpc) is 2.82. The van der Waals surface area contributed by atoms with Crippen molar-refractivity contribution in [1.29, 1.82) is 0 Å². The van der Waals surface area contributed by atoms with Crippen molar-refractivity contribution in [1.82, 2.24) is 10.6 Å². The van der Waals surface area contributed by atoms with Gasteiger partial charge in [-0.15, -0.1) is 0 Å². The Hall–Kier alpha value is -3.47. The maximum absolute atomic E-state index is 12.5. The third kappa shape index (κ3) is 6.75. The van der Waals surface area contributed by atoms with Gasteiger partial charge in [-0.2, -0.15) is 0 Å². The smallest absolute Gasteiger partial charge is 0.270 e. The van der Waals surface area contributed by atoms with E-state index in [1.807, 2.05) is 0 Å². The van der Waals surface area contributed by atoms with E-state index in [2.05, 4.69) is 15.4 Å². The summed E-state index contributed by atoms with van der Waals surface area (Å²) in [5, 5.41) is 16.4. The zero-order valence-electron chi connectivity index (χ0n) is 18.0. The van der Waals surface area contributed by atoms with Crippen molar-refractivity contribution in [2.45, 2.75) is 37.0 Å². The van der Waals surface area contributed by atoms with E-state index in [-0.39, 0.29) is 40.5 Å². The van der Waals surface area contributed by atoms with Crippen LogP contribution >= 0.6 is 0 Å². The average molecular weight is 475 g/mol. The molecule has 2 aromatic carbocycles. The minimum atomic E-state index is -4.03. The number of nitro groups is 1. The zero-order chi connectivity index (χ0) is 23.8. The van der Waals surface area contributed by atoms with Crippen molar-refractivity contribution in [2.24, 2.45) is 5.92 Å². The normalized spacial score (nSPS) is 14.3. The zero-order valence-corrected chi connectivity index (χ0v) is 18.8. The summed E-state index contributed by atoms with van der Waals surface area (Å²) in [4.78, 5) is 34.3. The lowest BCUT2D eigenvalue weighted by Crippen LogP contribution is -2.38. The molecule has 10 nitrogen and oxygen atoms in total. The fourth-order valence-electron chi connectivity index (χ4n) is 3.64. The van der Waals surface area contributed by atoms with Gasteiger partial charge in [-0.1, -0.05) is 25.3 Å².